The van der Waals surface area contributed by atoms with Crippen molar-refractivity contribution in [2.24, 2.45) is 0 Å². The first-order chi connectivity index (χ1) is 10.4. The lowest BCUT2D eigenvalue weighted by atomic mass is 10.1. The standard InChI is InChI=1S/C17H33N3S/c1-3-4-5-6-7-8-9-10-11-13-16-19-20-17(21-16)14-12-15-18-2/h18H,3-15H2,1-2H3. The van der Waals surface area contributed by atoms with E-state index in [1.54, 1.807) is 0 Å². The molecule has 0 unspecified atom stereocenters. The highest BCUT2D eigenvalue weighted by molar-refractivity contribution is 7.11. The van der Waals surface area contributed by atoms with Crippen LogP contribution in [0.25, 0.3) is 0 Å². The monoisotopic (exact) mass is 311 g/mol. The Labute approximate surface area is 135 Å². The maximum atomic E-state index is 4.31. The van der Waals surface area contributed by atoms with E-state index in [0.29, 0.717) is 0 Å². The van der Waals surface area contributed by atoms with Gasteiger partial charge in [-0.2, -0.15) is 0 Å². The molecule has 0 aliphatic heterocycles. The van der Waals surface area contributed by atoms with E-state index in [9.17, 15) is 0 Å². The molecule has 0 saturated carbocycles. The van der Waals surface area contributed by atoms with Crippen LogP contribution in [0.2, 0.25) is 0 Å². The van der Waals surface area contributed by atoms with Crippen LogP contribution in [0.1, 0.15) is 81.1 Å². The number of aromatic nitrogens is 2. The zero-order chi connectivity index (χ0) is 15.2. The highest BCUT2D eigenvalue weighted by atomic mass is 32.1. The first-order valence-electron chi connectivity index (χ1n) is 8.82. The number of unbranched alkanes of at least 4 members (excludes halogenated alkanes) is 8. The fourth-order valence-electron chi connectivity index (χ4n) is 2.49. The van der Waals surface area contributed by atoms with E-state index < -0.39 is 0 Å². The first kappa shape index (κ1) is 18.6. The lowest BCUT2D eigenvalue weighted by molar-refractivity contribution is 0.564. The van der Waals surface area contributed by atoms with Crippen molar-refractivity contribution in [2.45, 2.75) is 84.0 Å². The molecule has 1 N–H and O–H groups in total. The predicted molar refractivity (Wildman–Crippen MR) is 93.1 cm³/mol. The van der Waals surface area contributed by atoms with Gasteiger partial charge < -0.3 is 5.32 Å². The first-order valence-corrected chi connectivity index (χ1v) is 9.64. The summed E-state index contributed by atoms with van der Waals surface area (Å²) in [7, 11) is 2.00. The van der Waals surface area contributed by atoms with E-state index in [4.69, 9.17) is 0 Å². The van der Waals surface area contributed by atoms with Gasteiger partial charge in [-0.15, -0.1) is 21.5 Å². The molecule has 1 aromatic heterocycles. The molecule has 1 aromatic rings. The molecule has 0 radical (unpaired) electrons. The van der Waals surface area contributed by atoms with Gasteiger partial charge in [0.05, 0.1) is 0 Å². The Bertz CT molecular complexity index is 339. The van der Waals surface area contributed by atoms with Crippen LogP contribution < -0.4 is 5.32 Å². The van der Waals surface area contributed by atoms with Crippen molar-refractivity contribution in [2.75, 3.05) is 13.6 Å². The SMILES string of the molecule is CCCCCCCCCCCc1nnc(CCCNC)s1. The maximum absolute atomic E-state index is 4.31. The second kappa shape index (κ2) is 13.2. The van der Waals surface area contributed by atoms with Crippen molar-refractivity contribution < 1.29 is 0 Å². The van der Waals surface area contributed by atoms with Gasteiger partial charge in [0, 0.05) is 12.8 Å². The van der Waals surface area contributed by atoms with Crippen molar-refractivity contribution in [3.8, 4) is 0 Å². The van der Waals surface area contributed by atoms with Gasteiger partial charge in [-0.1, -0.05) is 58.3 Å². The summed E-state index contributed by atoms with van der Waals surface area (Å²) < 4.78 is 0. The minimum atomic E-state index is 1.06. The Morgan fingerprint density at radius 3 is 1.86 bits per heavy atom. The molecular weight excluding hydrogens is 278 g/mol. The molecule has 21 heavy (non-hydrogen) atoms. The Balaban J connectivity index is 1.95. The Morgan fingerprint density at radius 2 is 1.29 bits per heavy atom. The largest absolute Gasteiger partial charge is 0.320 e. The highest BCUT2D eigenvalue weighted by Gasteiger charge is 2.03. The lowest BCUT2D eigenvalue weighted by Gasteiger charge is -2.00. The molecular formula is C17H33N3S. The molecule has 0 amide bonds. The molecule has 0 spiro atoms. The summed E-state index contributed by atoms with van der Waals surface area (Å²) in [4.78, 5) is 0. The molecule has 1 heterocycles. The topological polar surface area (TPSA) is 37.8 Å². The van der Waals surface area contributed by atoms with Crippen LogP contribution in [0.3, 0.4) is 0 Å². The summed E-state index contributed by atoms with van der Waals surface area (Å²) in [6.07, 6.45) is 15.8. The average molecular weight is 312 g/mol. The Hall–Kier alpha value is -0.480. The molecule has 4 heteroatoms. The van der Waals surface area contributed by atoms with Gasteiger partial charge in [0.25, 0.3) is 0 Å². The molecule has 1 rings (SSSR count). The van der Waals surface area contributed by atoms with E-state index in [0.717, 1.165) is 25.8 Å². The fraction of sp³-hybridized carbons (Fsp3) is 0.882. The quantitative estimate of drug-likeness (QED) is 0.503. The molecule has 122 valence electrons. The summed E-state index contributed by atoms with van der Waals surface area (Å²) in [6.45, 7) is 3.34. The summed E-state index contributed by atoms with van der Waals surface area (Å²) in [5, 5.41) is 14.2. The van der Waals surface area contributed by atoms with E-state index >= 15 is 0 Å². The van der Waals surface area contributed by atoms with Crippen LogP contribution in [0.15, 0.2) is 0 Å². The molecule has 0 bridgehead atoms. The van der Waals surface area contributed by atoms with Gasteiger partial charge in [0.1, 0.15) is 10.0 Å². The maximum Gasteiger partial charge on any atom is 0.117 e. The molecule has 0 fully saturated rings. The summed E-state index contributed by atoms with van der Waals surface area (Å²) in [5.74, 6) is 0. The number of nitrogens with zero attached hydrogens (tertiary/aromatic N) is 2. The van der Waals surface area contributed by atoms with E-state index in [-0.39, 0.29) is 0 Å². The molecule has 0 atom stereocenters. The Morgan fingerprint density at radius 1 is 0.762 bits per heavy atom. The van der Waals surface area contributed by atoms with Gasteiger partial charge in [-0.3, -0.25) is 0 Å². The van der Waals surface area contributed by atoms with Crippen molar-refractivity contribution >= 4 is 11.3 Å². The smallest absolute Gasteiger partial charge is 0.117 e. The molecule has 0 aliphatic rings. The highest BCUT2D eigenvalue weighted by Crippen LogP contribution is 2.15. The van der Waals surface area contributed by atoms with E-state index in [1.807, 2.05) is 18.4 Å². The van der Waals surface area contributed by atoms with E-state index in [2.05, 4.69) is 22.4 Å². The van der Waals surface area contributed by atoms with Crippen LogP contribution in [-0.4, -0.2) is 23.8 Å². The van der Waals surface area contributed by atoms with E-state index in [1.165, 1.54) is 67.8 Å². The zero-order valence-corrected chi connectivity index (χ0v) is 14.8. The number of rotatable bonds is 14. The molecule has 0 saturated heterocycles. The fourth-order valence-corrected chi connectivity index (χ4v) is 3.42. The van der Waals surface area contributed by atoms with Crippen molar-refractivity contribution in [1.82, 2.24) is 15.5 Å². The minimum Gasteiger partial charge on any atom is -0.320 e. The third kappa shape index (κ3) is 9.97. The van der Waals surface area contributed by atoms with Gasteiger partial charge in [-0.05, 0) is 26.4 Å². The van der Waals surface area contributed by atoms with Gasteiger partial charge in [0.2, 0.25) is 0 Å². The van der Waals surface area contributed by atoms with Crippen molar-refractivity contribution in [3.63, 3.8) is 0 Å². The van der Waals surface area contributed by atoms with Crippen LogP contribution >= 0.6 is 11.3 Å². The van der Waals surface area contributed by atoms with Gasteiger partial charge in [-0.25, -0.2) is 0 Å². The number of hydrogen-bond donors (Lipinski definition) is 1. The third-order valence-electron chi connectivity index (χ3n) is 3.82. The molecule has 3 nitrogen and oxygen atoms in total. The lowest BCUT2D eigenvalue weighted by Crippen LogP contribution is -2.08. The number of nitrogens with one attached hydrogen (secondary N) is 1. The average Bonchev–Trinajstić information content (AvgIpc) is 2.94. The van der Waals surface area contributed by atoms with Crippen LogP contribution in [0, 0.1) is 0 Å². The minimum absolute atomic E-state index is 1.06. The zero-order valence-electron chi connectivity index (χ0n) is 14.0. The summed E-state index contributed by atoms with van der Waals surface area (Å²) in [6, 6.07) is 0. The van der Waals surface area contributed by atoms with Crippen LogP contribution in [-0.2, 0) is 12.8 Å². The summed E-state index contributed by atoms with van der Waals surface area (Å²) in [5.41, 5.74) is 0. The van der Waals surface area contributed by atoms with Gasteiger partial charge in [0.15, 0.2) is 0 Å². The van der Waals surface area contributed by atoms with Crippen molar-refractivity contribution in [3.05, 3.63) is 10.0 Å². The third-order valence-corrected chi connectivity index (χ3v) is 4.86. The van der Waals surface area contributed by atoms with Crippen LogP contribution in [0.5, 0.6) is 0 Å². The second-order valence-corrected chi connectivity index (χ2v) is 7.02. The molecule has 0 aliphatic carbocycles. The summed E-state index contributed by atoms with van der Waals surface area (Å²) >= 11 is 1.81. The number of aryl methyl sites for hydroxylation is 2. The normalized spacial score (nSPS) is 11.1. The Kier molecular flexibility index (Phi) is 11.7. The predicted octanol–water partition coefficient (Wildman–Crippen LogP) is 4.76. The second-order valence-electron chi connectivity index (χ2n) is 5.88. The van der Waals surface area contributed by atoms with Gasteiger partial charge >= 0.3 is 0 Å². The number of hydrogen-bond acceptors (Lipinski definition) is 4. The van der Waals surface area contributed by atoms with Crippen molar-refractivity contribution in [1.29, 1.82) is 0 Å². The van der Waals surface area contributed by atoms with Crippen LogP contribution in [0.4, 0.5) is 0 Å². The molecule has 0 aromatic carbocycles.